The average Bonchev–Trinajstić information content (AvgIpc) is 3.99. The predicted octanol–water partition coefficient (Wildman–Crippen LogP) is 4.25. The van der Waals surface area contributed by atoms with E-state index in [0.717, 1.165) is 0 Å². The van der Waals surface area contributed by atoms with Crippen LogP contribution in [0.4, 0.5) is 22.3 Å². The maximum Gasteiger partial charge on any atom is 0.294 e. The average molecular weight is 1180 g/mol. The van der Waals surface area contributed by atoms with E-state index in [1.54, 1.807) is 61.5 Å². The Morgan fingerprint density at radius 3 is 1.95 bits per heavy atom. The summed E-state index contributed by atoms with van der Waals surface area (Å²) in [4.78, 5) is 37.8. The Morgan fingerprint density at radius 1 is 0.766 bits per heavy atom. The summed E-state index contributed by atoms with van der Waals surface area (Å²) in [5.41, 5.74) is 1.55. The van der Waals surface area contributed by atoms with E-state index in [2.05, 4.69) is 25.5 Å². The highest BCUT2D eigenvalue weighted by Crippen LogP contribution is 2.49. The van der Waals surface area contributed by atoms with Gasteiger partial charge in [0, 0.05) is 72.5 Å². The molecule has 77 heavy (non-hydrogen) atoms. The second-order valence-electron chi connectivity index (χ2n) is 18.6. The topological polar surface area (TPSA) is 385 Å². The lowest BCUT2D eigenvalue weighted by Crippen LogP contribution is -2.28. The number of hydrogen-bond acceptors (Lipinski definition) is 18. The molecule has 31 heteroatoms. The van der Waals surface area contributed by atoms with Crippen LogP contribution in [-0.4, -0.2) is 134 Å². The Labute approximate surface area is 447 Å². The number of sulfonamides is 1. The number of carbonyl (C=O) groups excluding carboxylic acids is 2. The fourth-order valence-corrected chi connectivity index (χ4v) is 12.1. The minimum atomic E-state index is -4.67. The third-order valence-electron chi connectivity index (χ3n) is 12.6. The van der Waals surface area contributed by atoms with E-state index in [9.17, 15) is 69.9 Å². The molecular weight excluding hydrogens is 1130 g/mol. The Bertz CT molecular complexity index is 3930. The summed E-state index contributed by atoms with van der Waals surface area (Å²) >= 11 is 0.539. The molecule has 2 aliphatic rings. The molecule has 5 heterocycles. The van der Waals surface area contributed by atoms with Gasteiger partial charge in [-0.3, -0.25) is 43.0 Å². The van der Waals surface area contributed by atoms with Crippen molar-refractivity contribution < 1.29 is 74.5 Å². The minimum absolute atomic E-state index is 0.0166. The zero-order valence-corrected chi connectivity index (χ0v) is 46.2. The highest BCUT2D eigenvalue weighted by molar-refractivity contribution is 7.91. The number of pyridine rings is 2. The summed E-state index contributed by atoms with van der Waals surface area (Å²) in [5, 5.41) is 14.4. The Hall–Kier alpha value is -6.52. The molecule has 7 N–H and O–H groups in total. The summed E-state index contributed by atoms with van der Waals surface area (Å²) in [6, 6.07) is 13.7. The van der Waals surface area contributed by atoms with Gasteiger partial charge in [0.2, 0.25) is 15.2 Å². The van der Waals surface area contributed by atoms with E-state index in [-0.39, 0.29) is 63.5 Å². The molecule has 0 atom stereocenters. The van der Waals surface area contributed by atoms with E-state index in [4.69, 9.17) is 5.14 Å². The Kier molecular flexibility index (Phi) is 16.1. The highest BCUT2D eigenvalue weighted by atomic mass is 32.3. The molecule has 2 amide bonds. The second-order valence-corrected chi connectivity index (χ2v) is 27.3. The fraction of sp³-hybridized carbons (Fsp3) is 0.283. The van der Waals surface area contributed by atoms with Crippen LogP contribution in [-0.2, 0) is 61.3 Å². The maximum atomic E-state index is 13.9. The van der Waals surface area contributed by atoms with Gasteiger partial charge in [-0.05, 0) is 92.6 Å². The van der Waals surface area contributed by atoms with Crippen LogP contribution < -0.4 is 20.3 Å². The van der Waals surface area contributed by atoms with E-state index in [1.165, 1.54) is 85.0 Å². The molecule has 25 nitrogen and oxygen atoms in total. The van der Waals surface area contributed by atoms with Crippen LogP contribution in [0.15, 0.2) is 117 Å². The number of anilines is 3. The normalized spacial score (nSPS) is 16.3. The van der Waals surface area contributed by atoms with E-state index < -0.39 is 89.0 Å². The molecule has 5 aromatic rings. The first-order valence-corrected chi connectivity index (χ1v) is 31.1. The van der Waals surface area contributed by atoms with E-state index in [0.29, 0.717) is 50.8 Å². The van der Waals surface area contributed by atoms with Crippen LogP contribution in [0.5, 0.6) is 0 Å². The van der Waals surface area contributed by atoms with Crippen molar-refractivity contribution in [1.29, 1.82) is 0 Å². The first kappa shape index (κ1) is 58.2. The fourth-order valence-electron chi connectivity index (χ4n) is 8.74. The number of amides is 2. The van der Waals surface area contributed by atoms with Crippen LogP contribution in [0.2, 0.25) is 0 Å². The monoisotopic (exact) mass is 1180 g/mol. The number of primary sulfonamides is 1. The van der Waals surface area contributed by atoms with Crippen LogP contribution in [0.25, 0.3) is 5.57 Å². The first-order chi connectivity index (χ1) is 35.6. The van der Waals surface area contributed by atoms with Crippen LogP contribution in [0, 0.1) is 0 Å². The van der Waals surface area contributed by atoms with E-state index >= 15 is 0 Å². The number of rotatable bonds is 19. The van der Waals surface area contributed by atoms with Gasteiger partial charge in [-0.2, -0.15) is 38.2 Å². The van der Waals surface area contributed by atoms with Gasteiger partial charge in [-0.1, -0.05) is 31.3 Å². The molecule has 0 aliphatic carbocycles. The van der Waals surface area contributed by atoms with Crippen molar-refractivity contribution in [1.82, 2.24) is 20.2 Å². The molecule has 0 fully saturated rings. The van der Waals surface area contributed by atoms with Crippen LogP contribution in [0.3, 0.4) is 0 Å². The Morgan fingerprint density at radius 2 is 1.38 bits per heavy atom. The van der Waals surface area contributed by atoms with Gasteiger partial charge >= 0.3 is 0 Å². The third-order valence-corrected chi connectivity index (χ3v) is 18.0. The zero-order chi connectivity index (χ0) is 56.8. The number of aromatic nitrogens is 4. The molecule has 0 radical (unpaired) electrons. The third kappa shape index (κ3) is 13.3. The predicted molar refractivity (Wildman–Crippen MR) is 283 cm³/mol. The number of nitrogens with zero attached hydrogens (tertiary/aromatic N) is 7. The van der Waals surface area contributed by atoms with Gasteiger partial charge in [0.1, 0.15) is 12.4 Å². The molecule has 7 rings (SSSR count). The number of nitrogens with one attached hydrogen (secondary N) is 1. The largest absolute Gasteiger partial charge is 0.344 e. The zero-order valence-electron chi connectivity index (χ0n) is 41.3. The van der Waals surface area contributed by atoms with Crippen molar-refractivity contribution in [3.05, 3.63) is 131 Å². The molecule has 2 aromatic carbocycles. The quantitative estimate of drug-likeness (QED) is 0.0291. The van der Waals surface area contributed by atoms with Gasteiger partial charge < -0.3 is 4.90 Å². The van der Waals surface area contributed by atoms with Gasteiger partial charge in [-0.15, -0.1) is 10.2 Å². The van der Waals surface area contributed by atoms with Gasteiger partial charge in [0.25, 0.3) is 62.3 Å². The SMILES string of the molecule is CN(C(=O)c1ccc(C(=C\C=C2\N(CCCS(=O)(=O)O)c3ccc(S(=O)(=O)O)cc3C2(C)C)/C=C/C2=[N+](CCCS(=O)(=O)O)c3ccc(S(=O)(=O)O)cc3C2(C)C)nc1)c1ccc(C(=O)Nc2nnc(S(N)(=O)=O)s2)cn1. The molecule has 3 aromatic heterocycles. The van der Waals surface area contributed by atoms with Crippen molar-refractivity contribution in [2.75, 3.05) is 46.8 Å². The molecule has 0 spiro atoms. The molecular formula is C46H50N9O16S6+. The highest BCUT2D eigenvalue weighted by Gasteiger charge is 2.45. The van der Waals surface area contributed by atoms with Gasteiger partial charge in [0.15, 0.2) is 5.71 Å². The summed E-state index contributed by atoms with van der Waals surface area (Å²) in [7, 11) is -20.8. The van der Waals surface area contributed by atoms with E-state index in [1.807, 2.05) is 0 Å². The number of benzene rings is 2. The summed E-state index contributed by atoms with van der Waals surface area (Å²) in [5.74, 6) is -2.39. The van der Waals surface area contributed by atoms with Crippen molar-refractivity contribution in [2.45, 2.75) is 65.5 Å². The molecule has 2 aliphatic heterocycles. The maximum absolute atomic E-state index is 13.9. The summed E-state index contributed by atoms with van der Waals surface area (Å²) in [6.45, 7) is 7.14. The van der Waals surface area contributed by atoms with Gasteiger partial charge in [-0.25, -0.2) is 18.5 Å². The first-order valence-electron chi connectivity index (χ1n) is 22.6. The number of nitrogens with two attached hydrogens (primary N) is 1. The standard InChI is InChI=1S/C46H49N9O16S6/c1-45(2)33-24-31(76(66,67)68)12-15-36(33)54(20-6-22-73(58,59)60)38(45)17-9-28(10-18-39-46(3,4)34-25-32(77(69,70)71)13-16-37(34)55(39)21-7-23-74(61,62)63)35-14-8-30(27-48-35)42(57)53(5)40-19-11-29(26-49-40)41(56)50-43-51-52-44(72-43)75(47,64)65/h8-19,24-27H,6-7,20-23H2,1-5H3,(H6-,47,50,51,56,58,59,60,61,62,63,64,65,66,67,68,69,70,71)/p+1. The Balaban J connectivity index is 1.29. The number of fused-ring (bicyclic) bond motifs is 2. The number of hydrogen-bond donors (Lipinski definition) is 6. The van der Waals surface area contributed by atoms with Crippen LogP contribution in [0.1, 0.15) is 78.1 Å². The molecule has 0 saturated heterocycles. The van der Waals surface area contributed by atoms with Crippen molar-refractivity contribution >= 4 is 107 Å². The number of carbonyl (C=O) groups is 2. The smallest absolute Gasteiger partial charge is 0.294 e. The number of allylic oxidation sites excluding steroid dienone is 6. The molecule has 0 bridgehead atoms. The summed E-state index contributed by atoms with van der Waals surface area (Å²) < 4.78 is 160. The summed E-state index contributed by atoms with van der Waals surface area (Å²) in [6.07, 6.45) is 8.99. The lowest BCUT2D eigenvalue weighted by atomic mass is 9.81. The molecule has 0 unspecified atom stereocenters. The van der Waals surface area contributed by atoms with Crippen molar-refractivity contribution in [3.63, 3.8) is 0 Å². The van der Waals surface area contributed by atoms with Crippen molar-refractivity contribution in [2.24, 2.45) is 5.14 Å². The van der Waals surface area contributed by atoms with Crippen molar-refractivity contribution in [3.8, 4) is 0 Å². The molecule has 410 valence electrons. The minimum Gasteiger partial charge on any atom is -0.344 e. The lowest BCUT2D eigenvalue weighted by molar-refractivity contribution is -0.437. The lowest BCUT2D eigenvalue weighted by Gasteiger charge is -2.27. The second kappa shape index (κ2) is 21.4. The van der Waals surface area contributed by atoms with Crippen LogP contribution >= 0.6 is 11.3 Å². The van der Waals surface area contributed by atoms with Gasteiger partial charge in [0.05, 0.1) is 43.5 Å². The molecule has 0 saturated carbocycles.